The molecule has 1 saturated heterocycles. The van der Waals surface area contributed by atoms with E-state index in [9.17, 15) is 4.79 Å². The van der Waals surface area contributed by atoms with E-state index in [-0.39, 0.29) is 11.6 Å². The van der Waals surface area contributed by atoms with Crippen LogP contribution < -0.4 is 5.69 Å². The van der Waals surface area contributed by atoms with Crippen LogP contribution in [0.2, 0.25) is 0 Å². The van der Waals surface area contributed by atoms with Gasteiger partial charge in [0.05, 0.1) is 5.69 Å². The topological polar surface area (TPSA) is 53.9 Å². The maximum absolute atomic E-state index is 12.3. The molecule has 0 amide bonds. The summed E-state index contributed by atoms with van der Waals surface area (Å²) in [5.41, 5.74) is 2.09. The summed E-state index contributed by atoms with van der Waals surface area (Å²) in [5, 5.41) is 7.01. The van der Waals surface area contributed by atoms with Gasteiger partial charge in [0.15, 0.2) is 0 Å². The van der Waals surface area contributed by atoms with E-state index in [2.05, 4.69) is 45.4 Å². The Kier molecular flexibility index (Phi) is 4.97. The van der Waals surface area contributed by atoms with Crippen molar-refractivity contribution in [2.75, 3.05) is 19.6 Å². The lowest BCUT2D eigenvalue weighted by Gasteiger charge is -2.32. The molecule has 2 heterocycles. The van der Waals surface area contributed by atoms with Crippen molar-refractivity contribution in [1.82, 2.24) is 19.7 Å². The van der Waals surface area contributed by atoms with Crippen LogP contribution in [0.3, 0.4) is 0 Å². The Labute approximate surface area is 153 Å². The molecule has 1 aromatic heterocycles. The van der Waals surface area contributed by atoms with E-state index in [4.69, 9.17) is 0 Å². The first kappa shape index (κ1) is 16.8. The van der Waals surface area contributed by atoms with Crippen molar-refractivity contribution < 1.29 is 0 Å². The van der Waals surface area contributed by atoms with Gasteiger partial charge in [0.1, 0.15) is 5.82 Å². The van der Waals surface area contributed by atoms with Crippen LogP contribution in [-0.2, 0) is 6.42 Å². The molecule has 4 rings (SSSR count). The van der Waals surface area contributed by atoms with Gasteiger partial charge in [-0.05, 0) is 43.5 Å². The van der Waals surface area contributed by atoms with Gasteiger partial charge in [0.2, 0.25) is 0 Å². The Bertz CT molecular complexity index is 885. The number of piperidine rings is 1. The Hall–Kier alpha value is -2.66. The third-order valence-electron chi connectivity index (χ3n) is 5.14. The number of likely N-dealkylation sites (tertiary alicyclic amines) is 1. The lowest BCUT2D eigenvalue weighted by molar-refractivity contribution is 0.205. The molecule has 0 spiro atoms. The molecule has 1 unspecified atom stereocenters. The summed E-state index contributed by atoms with van der Waals surface area (Å²) in [4.78, 5) is 14.8. The molecule has 0 aliphatic carbocycles. The molecule has 1 atom stereocenters. The number of aromatic amines is 1. The minimum atomic E-state index is -0.160. The highest BCUT2D eigenvalue weighted by Crippen LogP contribution is 2.26. The van der Waals surface area contributed by atoms with Gasteiger partial charge in [-0.1, -0.05) is 48.5 Å². The highest BCUT2D eigenvalue weighted by atomic mass is 16.1. The van der Waals surface area contributed by atoms with E-state index in [0.717, 1.165) is 50.4 Å². The van der Waals surface area contributed by atoms with E-state index in [1.54, 1.807) is 4.57 Å². The van der Waals surface area contributed by atoms with Gasteiger partial charge >= 0.3 is 5.69 Å². The van der Waals surface area contributed by atoms with Gasteiger partial charge in [-0.2, -0.15) is 5.10 Å². The molecule has 26 heavy (non-hydrogen) atoms. The fraction of sp³-hybridized carbons (Fsp3) is 0.333. The number of benzene rings is 2. The van der Waals surface area contributed by atoms with Gasteiger partial charge in [-0.3, -0.25) is 0 Å². The van der Waals surface area contributed by atoms with E-state index in [1.807, 2.05) is 30.3 Å². The summed E-state index contributed by atoms with van der Waals surface area (Å²) < 4.78 is 1.73. The van der Waals surface area contributed by atoms with Gasteiger partial charge in [0.25, 0.3) is 0 Å². The fourth-order valence-electron chi connectivity index (χ4n) is 3.81. The minimum absolute atomic E-state index is 0.160. The highest BCUT2D eigenvalue weighted by molar-refractivity contribution is 5.32. The van der Waals surface area contributed by atoms with Crippen molar-refractivity contribution in [2.24, 2.45) is 0 Å². The molecular formula is C21H24N4O. The second kappa shape index (κ2) is 7.70. The van der Waals surface area contributed by atoms with Crippen LogP contribution in [-0.4, -0.2) is 39.3 Å². The smallest absolute Gasteiger partial charge is 0.302 e. The third kappa shape index (κ3) is 3.63. The van der Waals surface area contributed by atoms with Crippen molar-refractivity contribution in [3.05, 3.63) is 82.5 Å². The Morgan fingerprint density at radius 3 is 2.54 bits per heavy atom. The van der Waals surface area contributed by atoms with Crippen LogP contribution in [0.4, 0.5) is 0 Å². The zero-order valence-electron chi connectivity index (χ0n) is 14.8. The number of nitrogens with one attached hydrogen (secondary N) is 1. The molecule has 5 heteroatoms. The average molecular weight is 348 g/mol. The minimum Gasteiger partial charge on any atom is -0.302 e. The first-order valence-corrected chi connectivity index (χ1v) is 9.30. The molecular weight excluding hydrogens is 324 g/mol. The van der Waals surface area contributed by atoms with Crippen LogP contribution in [0.15, 0.2) is 65.5 Å². The van der Waals surface area contributed by atoms with E-state index >= 15 is 0 Å². The van der Waals surface area contributed by atoms with Crippen molar-refractivity contribution >= 4 is 0 Å². The fourth-order valence-corrected chi connectivity index (χ4v) is 3.81. The number of para-hydroxylation sites is 1. The van der Waals surface area contributed by atoms with Gasteiger partial charge < -0.3 is 4.90 Å². The number of aromatic nitrogens is 3. The molecule has 1 N–H and O–H groups in total. The highest BCUT2D eigenvalue weighted by Gasteiger charge is 2.26. The number of H-pyrrole nitrogens is 1. The van der Waals surface area contributed by atoms with E-state index in [0.29, 0.717) is 0 Å². The van der Waals surface area contributed by atoms with Gasteiger partial charge in [-0.25, -0.2) is 14.5 Å². The predicted octanol–water partition coefficient (Wildman–Crippen LogP) is 2.98. The quantitative estimate of drug-likeness (QED) is 0.771. The van der Waals surface area contributed by atoms with Crippen molar-refractivity contribution in [3.8, 4) is 5.69 Å². The zero-order valence-corrected chi connectivity index (χ0v) is 14.8. The van der Waals surface area contributed by atoms with Gasteiger partial charge in [0, 0.05) is 19.0 Å². The predicted molar refractivity (Wildman–Crippen MR) is 103 cm³/mol. The maximum Gasteiger partial charge on any atom is 0.347 e. The lowest BCUT2D eigenvalue weighted by Crippen LogP contribution is -2.37. The normalized spacial score (nSPS) is 18.1. The van der Waals surface area contributed by atoms with Crippen LogP contribution in [0.5, 0.6) is 0 Å². The van der Waals surface area contributed by atoms with E-state index < -0.39 is 0 Å². The summed E-state index contributed by atoms with van der Waals surface area (Å²) in [7, 11) is 0. The van der Waals surface area contributed by atoms with Crippen LogP contribution in [0, 0.1) is 0 Å². The lowest BCUT2D eigenvalue weighted by atomic mass is 9.96. The summed E-state index contributed by atoms with van der Waals surface area (Å²) in [6.45, 7) is 3.10. The standard InChI is InChI=1S/C21H24N4O/c26-21-23-22-20(25(21)19-11-5-2-6-12-19)18-10-7-14-24(16-18)15-13-17-8-3-1-4-9-17/h1-6,8-9,11-12,18H,7,10,13-16H2,(H,23,26). The summed E-state index contributed by atoms with van der Waals surface area (Å²) in [6, 6.07) is 20.4. The number of hydrogen-bond acceptors (Lipinski definition) is 3. The molecule has 134 valence electrons. The second-order valence-corrected chi connectivity index (χ2v) is 6.93. The average Bonchev–Trinajstić information content (AvgIpc) is 3.09. The summed E-state index contributed by atoms with van der Waals surface area (Å²) >= 11 is 0. The Morgan fingerprint density at radius 2 is 1.77 bits per heavy atom. The number of nitrogens with zero attached hydrogens (tertiary/aromatic N) is 3. The Morgan fingerprint density at radius 1 is 1.04 bits per heavy atom. The monoisotopic (exact) mass is 348 g/mol. The van der Waals surface area contributed by atoms with Crippen molar-refractivity contribution in [1.29, 1.82) is 0 Å². The van der Waals surface area contributed by atoms with Crippen molar-refractivity contribution in [3.63, 3.8) is 0 Å². The van der Waals surface area contributed by atoms with Crippen LogP contribution >= 0.6 is 0 Å². The molecule has 3 aromatic rings. The van der Waals surface area contributed by atoms with Gasteiger partial charge in [-0.15, -0.1) is 0 Å². The molecule has 5 nitrogen and oxygen atoms in total. The Balaban J connectivity index is 1.49. The third-order valence-corrected chi connectivity index (χ3v) is 5.14. The van der Waals surface area contributed by atoms with E-state index in [1.165, 1.54) is 5.56 Å². The van der Waals surface area contributed by atoms with Crippen molar-refractivity contribution in [2.45, 2.75) is 25.2 Å². The molecule has 1 fully saturated rings. The maximum atomic E-state index is 12.3. The SMILES string of the molecule is O=c1[nH]nc(C2CCCN(CCc3ccccc3)C2)n1-c1ccccc1. The molecule has 0 bridgehead atoms. The van der Waals surface area contributed by atoms with Crippen LogP contribution in [0.25, 0.3) is 5.69 Å². The molecule has 0 saturated carbocycles. The second-order valence-electron chi connectivity index (χ2n) is 6.93. The largest absolute Gasteiger partial charge is 0.347 e. The summed E-state index contributed by atoms with van der Waals surface area (Å²) in [6.07, 6.45) is 3.26. The zero-order chi connectivity index (χ0) is 17.8. The molecule has 1 aliphatic rings. The molecule has 1 aliphatic heterocycles. The van der Waals surface area contributed by atoms with Crippen LogP contribution in [0.1, 0.15) is 30.1 Å². The molecule has 2 aromatic carbocycles. The first-order valence-electron chi connectivity index (χ1n) is 9.30. The number of hydrogen-bond donors (Lipinski definition) is 1. The first-order chi connectivity index (χ1) is 12.8. The molecule has 0 radical (unpaired) electrons. The number of rotatable bonds is 5. The summed E-state index contributed by atoms with van der Waals surface area (Å²) in [5.74, 6) is 1.13.